The topological polar surface area (TPSA) is 92.7 Å². The standard InChI is InChI=1S/C8H12F3NO5S/c1-5(13)12-6(7(14)15)2-18(16)4-17-3-8(9,10)11/h6H,2-4H2,1H3,(H,12,13)(H,14,15). The maximum absolute atomic E-state index is 11.7. The summed E-state index contributed by atoms with van der Waals surface area (Å²) in [5, 5.41) is 10.7. The average molecular weight is 291 g/mol. The van der Waals surface area contributed by atoms with Crippen LogP contribution in [-0.4, -0.2) is 51.7 Å². The van der Waals surface area contributed by atoms with Crippen molar-refractivity contribution in [1.29, 1.82) is 0 Å². The van der Waals surface area contributed by atoms with Crippen LogP contribution in [0.15, 0.2) is 0 Å². The Morgan fingerprint density at radius 1 is 1.44 bits per heavy atom. The van der Waals surface area contributed by atoms with Gasteiger partial charge < -0.3 is 15.2 Å². The summed E-state index contributed by atoms with van der Waals surface area (Å²) in [5.74, 6) is -3.33. The Kier molecular flexibility index (Phi) is 6.84. The zero-order valence-corrected chi connectivity index (χ0v) is 10.1. The number of nitrogens with one attached hydrogen (secondary N) is 1. The molecule has 0 aliphatic carbocycles. The van der Waals surface area contributed by atoms with Crippen molar-refractivity contribution in [2.24, 2.45) is 0 Å². The van der Waals surface area contributed by atoms with Crippen molar-refractivity contribution in [3.8, 4) is 0 Å². The summed E-state index contributed by atoms with van der Waals surface area (Å²) in [4.78, 5) is 21.3. The summed E-state index contributed by atoms with van der Waals surface area (Å²) in [6, 6.07) is -1.42. The van der Waals surface area contributed by atoms with Gasteiger partial charge in [-0.3, -0.25) is 9.00 Å². The molecule has 2 unspecified atom stereocenters. The van der Waals surface area contributed by atoms with Gasteiger partial charge in [0.2, 0.25) is 5.91 Å². The van der Waals surface area contributed by atoms with Gasteiger partial charge in [0.1, 0.15) is 18.6 Å². The first-order valence-electron chi connectivity index (χ1n) is 4.61. The van der Waals surface area contributed by atoms with E-state index in [0.29, 0.717) is 0 Å². The Labute approximate surface area is 103 Å². The van der Waals surface area contributed by atoms with E-state index in [-0.39, 0.29) is 0 Å². The van der Waals surface area contributed by atoms with Crippen LogP contribution in [0.4, 0.5) is 13.2 Å². The summed E-state index contributed by atoms with van der Waals surface area (Å²) in [5.41, 5.74) is 0. The summed E-state index contributed by atoms with van der Waals surface area (Å²) >= 11 is 0. The van der Waals surface area contributed by atoms with E-state index >= 15 is 0 Å². The van der Waals surface area contributed by atoms with Crippen LogP contribution in [-0.2, 0) is 25.1 Å². The number of carbonyl (C=O) groups excluding carboxylic acids is 1. The third-order valence-electron chi connectivity index (χ3n) is 1.51. The zero-order chi connectivity index (χ0) is 14.3. The molecule has 0 spiro atoms. The second-order valence-corrected chi connectivity index (χ2v) is 4.73. The Bertz CT molecular complexity index is 333. The minimum atomic E-state index is -4.53. The molecule has 0 heterocycles. The first-order valence-corrected chi connectivity index (χ1v) is 6.10. The minimum absolute atomic E-state index is 0.521. The lowest BCUT2D eigenvalue weighted by Gasteiger charge is -2.13. The number of ether oxygens (including phenoxy) is 1. The molecule has 0 radical (unpaired) electrons. The Morgan fingerprint density at radius 2 is 2.00 bits per heavy atom. The van der Waals surface area contributed by atoms with Crippen LogP contribution in [0.5, 0.6) is 0 Å². The van der Waals surface area contributed by atoms with Gasteiger partial charge in [0.25, 0.3) is 0 Å². The smallest absolute Gasteiger partial charge is 0.411 e. The van der Waals surface area contributed by atoms with Crippen molar-refractivity contribution in [1.82, 2.24) is 5.32 Å². The van der Waals surface area contributed by atoms with Gasteiger partial charge in [-0.2, -0.15) is 13.2 Å². The van der Waals surface area contributed by atoms with Crippen molar-refractivity contribution >= 4 is 22.7 Å². The lowest BCUT2D eigenvalue weighted by molar-refractivity contribution is -0.169. The molecule has 0 rings (SSSR count). The first kappa shape index (κ1) is 16.8. The monoisotopic (exact) mass is 291 g/mol. The quantitative estimate of drug-likeness (QED) is 0.681. The molecular formula is C8H12F3NO5S. The molecule has 10 heteroatoms. The van der Waals surface area contributed by atoms with Gasteiger partial charge in [0.15, 0.2) is 0 Å². The molecule has 0 aromatic carbocycles. The Balaban J connectivity index is 4.11. The van der Waals surface area contributed by atoms with E-state index < -0.39 is 53.2 Å². The third kappa shape index (κ3) is 8.93. The molecule has 0 saturated heterocycles. The fourth-order valence-electron chi connectivity index (χ4n) is 0.904. The first-order chi connectivity index (χ1) is 8.11. The van der Waals surface area contributed by atoms with Crippen LogP contribution in [0, 0.1) is 0 Å². The van der Waals surface area contributed by atoms with Gasteiger partial charge in [0, 0.05) is 6.92 Å². The van der Waals surface area contributed by atoms with Crippen LogP contribution >= 0.6 is 0 Å². The van der Waals surface area contributed by atoms with Crippen LogP contribution in [0.3, 0.4) is 0 Å². The van der Waals surface area contributed by atoms with Gasteiger partial charge in [-0.25, -0.2) is 4.79 Å². The molecule has 0 bridgehead atoms. The predicted octanol–water partition coefficient (Wildman–Crippen LogP) is -0.139. The predicted molar refractivity (Wildman–Crippen MR) is 55.1 cm³/mol. The number of rotatable bonds is 7. The van der Waals surface area contributed by atoms with Crippen LogP contribution in [0.2, 0.25) is 0 Å². The molecule has 106 valence electrons. The Morgan fingerprint density at radius 3 is 2.39 bits per heavy atom. The molecule has 0 aliphatic heterocycles. The number of hydrogen-bond donors (Lipinski definition) is 2. The number of carbonyl (C=O) groups is 2. The molecule has 0 saturated carbocycles. The van der Waals surface area contributed by atoms with Gasteiger partial charge in [0.05, 0.1) is 16.6 Å². The number of alkyl halides is 3. The maximum Gasteiger partial charge on any atom is 0.411 e. The molecular weight excluding hydrogens is 279 g/mol. The van der Waals surface area contributed by atoms with Crippen LogP contribution < -0.4 is 5.32 Å². The van der Waals surface area contributed by atoms with Crippen molar-refractivity contribution in [3.05, 3.63) is 0 Å². The molecule has 6 nitrogen and oxygen atoms in total. The van der Waals surface area contributed by atoms with Gasteiger partial charge in [-0.05, 0) is 0 Å². The van der Waals surface area contributed by atoms with Gasteiger partial charge in [-0.1, -0.05) is 0 Å². The van der Waals surface area contributed by atoms with Crippen molar-refractivity contribution < 1.29 is 36.8 Å². The van der Waals surface area contributed by atoms with E-state index in [1.807, 2.05) is 5.32 Å². The number of hydrogen-bond acceptors (Lipinski definition) is 4. The number of carboxylic acid groups (broad SMARTS) is 1. The molecule has 18 heavy (non-hydrogen) atoms. The van der Waals surface area contributed by atoms with E-state index in [0.717, 1.165) is 6.92 Å². The highest BCUT2D eigenvalue weighted by Gasteiger charge is 2.28. The highest BCUT2D eigenvalue weighted by molar-refractivity contribution is 7.84. The van der Waals surface area contributed by atoms with Gasteiger partial charge >= 0.3 is 12.1 Å². The van der Waals surface area contributed by atoms with Gasteiger partial charge in [-0.15, -0.1) is 0 Å². The van der Waals surface area contributed by atoms with Crippen molar-refractivity contribution in [2.75, 3.05) is 18.3 Å². The van der Waals surface area contributed by atoms with E-state index in [2.05, 4.69) is 4.74 Å². The molecule has 0 aromatic rings. The second-order valence-electron chi connectivity index (χ2n) is 3.28. The third-order valence-corrected chi connectivity index (χ3v) is 2.64. The normalized spacial score (nSPS) is 14.9. The molecule has 0 aromatic heterocycles. The number of halogens is 3. The van der Waals surface area contributed by atoms with Crippen molar-refractivity contribution in [2.45, 2.75) is 19.1 Å². The molecule has 2 atom stereocenters. The lowest BCUT2D eigenvalue weighted by Crippen LogP contribution is -2.43. The van der Waals surface area contributed by atoms with E-state index in [1.54, 1.807) is 0 Å². The second kappa shape index (κ2) is 7.31. The van der Waals surface area contributed by atoms with E-state index in [4.69, 9.17) is 5.11 Å². The highest BCUT2D eigenvalue weighted by atomic mass is 32.2. The van der Waals surface area contributed by atoms with E-state index in [1.165, 1.54) is 0 Å². The summed E-state index contributed by atoms with van der Waals surface area (Å²) in [6.45, 7) is -0.490. The number of aliphatic carboxylic acids is 1. The fourth-order valence-corrected chi connectivity index (χ4v) is 1.87. The summed E-state index contributed by atoms with van der Waals surface area (Å²) in [6.07, 6.45) is -4.53. The number of carboxylic acids is 1. The minimum Gasteiger partial charge on any atom is -0.480 e. The lowest BCUT2D eigenvalue weighted by atomic mass is 10.3. The summed E-state index contributed by atoms with van der Waals surface area (Å²) in [7, 11) is -1.94. The Hall–Kier alpha value is -1.16. The fraction of sp³-hybridized carbons (Fsp3) is 0.750. The maximum atomic E-state index is 11.7. The van der Waals surface area contributed by atoms with Crippen LogP contribution in [0.25, 0.3) is 0 Å². The highest BCUT2D eigenvalue weighted by Crippen LogP contribution is 2.14. The number of amides is 1. The van der Waals surface area contributed by atoms with Crippen molar-refractivity contribution in [3.63, 3.8) is 0 Å². The molecule has 0 fully saturated rings. The molecule has 1 amide bonds. The molecule has 0 aliphatic rings. The van der Waals surface area contributed by atoms with E-state index in [9.17, 15) is 27.0 Å². The zero-order valence-electron chi connectivity index (χ0n) is 9.32. The van der Waals surface area contributed by atoms with Crippen LogP contribution in [0.1, 0.15) is 6.92 Å². The summed E-state index contributed by atoms with van der Waals surface area (Å²) < 4.78 is 50.4. The molecule has 2 N–H and O–H groups in total. The average Bonchev–Trinajstić information content (AvgIpc) is 2.13. The largest absolute Gasteiger partial charge is 0.480 e. The SMILES string of the molecule is CC(=O)NC(CS(=O)COCC(F)(F)F)C(=O)O.